The SMILES string of the molecule is CN(c1cnc(-c2cc3c(cc2O)C(=O)[N+](CC(F)(F)F)=CC3)nn1)[C@@H]1CC2CCC(N2)[C@@H]1F. The van der Waals surface area contributed by atoms with E-state index in [0.29, 0.717) is 22.4 Å². The van der Waals surface area contributed by atoms with Crippen LogP contribution in [0.25, 0.3) is 11.4 Å². The maximum atomic E-state index is 14.9. The van der Waals surface area contributed by atoms with E-state index in [0.717, 1.165) is 18.9 Å². The molecular weight excluding hydrogens is 456 g/mol. The van der Waals surface area contributed by atoms with Crippen LogP contribution in [0.2, 0.25) is 0 Å². The van der Waals surface area contributed by atoms with Crippen LogP contribution in [0, 0.1) is 0 Å². The summed E-state index contributed by atoms with van der Waals surface area (Å²) in [6.07, 6.45) is -0.464. The number of alkyl halides is 4. The molecule has 2 saturated heterocycles. The quantitative estimate of drug-likeness (QED) is 0.513. The van der Waals surface area contributed by atoms with E-state index in [1.807, 2.05) is 0 Å². The number of carbonyl (C=O) groups is 1. The van der Waals surface area contributed by atoms with E-state index in [1.54, 1.807) is 11.9 Å². The summed E-state index contributed by atoms with van der Waals surface area (Å²) in [7, 11) is 1.75. The molecular formula is C22H23F4N6O2+. The topological polar surface area (TPSA) is 94.2 Å². The van der Waals surface area contributed by atoms with Gasteiger partial charge >= 0.3 is 12.1 Å². The van der Waals surface area contributed by atoms with Crippen LogP contribution in [-0.2, 0) is 6.42 Å². The Hall–Kier alpha value is -3.15. The fraction of sp³-hybridized carbons (Fsp3) is 0.500. The number of aromatic nitrogens is 3. The smallest absolute Gasteiger partial charge is 0.448 e. The molecule has 8 nitrogen and oxygen atoms in total. The second kappa shape index (κ2) is 8.26. The van der Waals surface area contributed by atoms with Crippen molar-refractivity contribution in [3.63, 3.8) is 0 Å². The number of rotatable bonds is 4. The van der Waals surface area contributed by atoms with Gasteiger partial charge < -0.3 is 15.3 Å². The summed E-state index contributed by atoms with van der Waals surface area (Å²) >= 11 is 0. The number of hydrogen-bond donors (Lipinski definition) is 2. The molecule has 1 aromatic carbocycles. The van der Waals surface area contributed by atoms with E-state index in [9.17, 15) is 27.5 Å². The minimum Gasteiger partial charge on any atom is -0.507 e. The molecule has 1 amide bonds. The zero-order chi connectivity index (χ0) is 24.2. The fourth-order valence-electron chi connectivity index (χ4n) is 5.03. The van der Waals surface area contributed by atoms with Gasteiger partial charge in [-0.15, -0.1) is 10.2 Å². The van der Waals surface area contributed by atoms with Crippen molar-refractivity contribution >= 4 is 17.9 Å². The van der Waals surface area contributed by atoms with Gasteiger partial charge in [0.2, 0.25) is 6.54 Å². The number of phenolic OH excluding ortho intramolecular Hbond substituents is 1. The number of benzene rings is 1. The van der Waals surface area contributed by atoms with Gasteiger partial charge in [0.1, 0.15) is 11.9 Å². The summed E-state index contributed by atoms with van der Waals surface area (Å²) in [6.45, 7) is -1.39. The maximum absolute atomic E-state index is 14.9. The predicted molar refractivity (Wildman–Crippen MR) is 114 cm³/mol. The highest BCUT2D eigenvalue weighted by Crippen LogP contribution is 2.34. The average Bonchev–Trinajstić information content (AvgIpc) is 3.20. The van der Waals surface area contributed by atoms with Crippen LogP contribution in [0.1, 0.15) is 35.2 Å². The van der Waals surface area contributed by atoms with E-state index in [-0.39, 0.29) is 47.2 Å². The molecule has 4 atom stereocenters. The molecule has 4 heterocycles. The first-order valence-electron chi connectivity index (χ1n) is 11.0. The minimum atomic E-state index is -4.53. The first kappa shape index (κ1) is 22.6. The number of nitrogens with one attached hydrogen (secondary N) is 1. The third kappa shape index (κ3) is 4.10. The Bertz CT molecular complexity index is 1150. The zero-order valence-corrected chi connectivity index (χ0v) is 18.3. The largest absolute Gasteiger partial charge is 0.507 e. The number of hydrogen-bond acceptors (Lipinski definition) is 7. The molecule has 2 bridgehead atoms. The predicted octanol–water partition coefficient (Wildman–Crippen LogP) is 2.25. The third-order valence-corrected chi connectivity index (χ3v) is 6.80. The number of nitrogens with zero attached hydrogens (tertiary/aromatic N) is 5. The van der Waals surface area contributed by atoms with Gasteiger partial charge in [-0.25, -0.2) is 14.2 Å². The molecule has 2 N–H and O–H groups in total. The second-order valence-corrected chi connectivity index (χ2v) is 9.01. The Labute approximate surface area is 192 Å². The van der Waals surface area contributed by atoms with Crippen molar-refractivity contribution in [2.75, 3.05) is 18.5 Å². The molecule has 3 aliphatic heterocycles. The van der Waals surface area contributed by atoms with Gasteiger partial charge in [0.25, 0.3) is 0 Å². The molecule has 12 heteroatoms. The Kier molecular flexibility index (Phi) is 5.50. The van der Waals surface area contributed by atoms with E-state index in [2.05, 4.69) is 20.5 Å². The molecule has 0 saturated carbocycles. The van der Waals surface area contributed by atoms with Crippen molar-refractivity contribution in [3.8, 4) is 17.1 Å². The number of fused-ring (bicyclic) bond motifs is 3. The van der Waals surface area contributed by atoms with Gasteiger partial charge in [0.05, 0.1) is 29.8 Å². The van der Waals surface area contributed by atoms with Crippen molar-refractivity contribution < 1.29 is 32.0 Å². The molecule has 2 unspecified atom stereocenters. The molecule has 5 rings (SSSR count). The van der Waals surface area contributed by atoms with E-state index >= 15 is 0 Å². The van der Waals surface area contributed by atoms with Gasteiger partial charge in [-0.05, 0) is 37.0 Å². The van der Waals surface area contributed by atoms with Crippen molar-refractivity contribution in [1.82, 2.24) is 20.5 Å². The number of piperidine rings is 1. The molecule has 1 aromatic heterocycles. The van der Waals surface area contributed by atoms with Crippen molar-refractivity contribution in [1.29, 1.82) is 0 Å². The average molecular weight is 479 g/mol. The zero-order valence-electron chi connectivity index (χ0n) is 18.3. The number of phenols is 1. The monoisotopic (exact) mass is 479 g/mol. The number of aromatic hydroxyl groups is 1. The fourth-order valence-corrected chi connectivity index (χ4v) is 5.03. The Morgan fingerprint density at radius 3 is 2.74 bits per heavy atom. The third-order valence-electron chi connectivity index (χ3n) is 6.80. The highest BCUT2D eigenvalue weighted by atomic mass is 19.4. The lowest BCUT2D eigenvalue weighted by Gasteiger charge is -2.38. The molecule has 0 spiro atoms. The Morgan fingerprint density at radius 1 is 1.24 bits per heavy atom. The van der Waals surface area contributed by atoms with Gasteiger partial charge in [-0.3, -0.25) is 0 Å². The molecule has 180 valence electrons. The van der Waals surface area contributed by atoms with Crippen LogP contribution in [0.15, 0.2) is 18.3 Å². The van der Waals surface area contributed by atoms with Gasteiger partial charge in [-0.2, -0.15) is 17.7 Å². The maximum Gasteiger partial charge on any atom is 0.448 e. The molecule has 34 heavy (non-hydrogen) atoms. The van der Waals surface area contributed by atoms with Crippen LogP contribution in [0.3, 0.4) is 0 Å². The van der Waals surface area contributed by atoms with Crippen molar-refractivity contribution in [2.24, 2.45) is 0 Å². The van der Waals surface area contributed by atoms with E-state index in [1.165, 1.54) is 18.5 Å². The summed E-state index contributed by atoms with van der Waals surface area (Å²) < 4.78 is 53.6. The summed E-state index contributed by atoms with van der Waals surface area (Å²) in [5.41, 5.74) is 0.646. The molecule has 2 fully saturated rings. The first-order valence-corrected chi connectivity index (χ1v) is 11.0. The van der Waals surface area contributed by atoms with Crippen LogP contribution in [-0.4, -0.2) is 81.1 Å². The van der Waals surface area contributed by atoms with Crippen molar-refractivity contribution in [2.45, 2.75) is 56.2 Å². The summed E-state index contributed by atoms with van der Waals surface area (Å²) in [5, 5.41) is 22.0. The van der Waals surface area contributed by atoms with E-state index < -0.39 is 24.8 Å². The van der Waals surface area contributed by atoms with Gasteiger partial charge in [-0.1, -0.05) is 0 Å². The lowest BCUT2D eigenvalue weighted by atomic mass is 9.96. The Balaban J connectivity index is 1.37. The van der Waals surface area contributed by atoms with Crippen LogP contribution < -0.4 is 10.2 Å². The van der Waals surface area contributed by atoms with Crippen LogP contribution in [0.5, 0.6) is 5.75 Å². The van der Waals surface area contributed by atoms with Gasteiger partial charge in [0.15, 0.2) is 17.9 Å². The number of halogens is 4. The lowest BCUT2D eigenvalue weighted by molar-refractivity contribution is -0.469. The molecule has 3 aliphatic rings. The first-order chi connectivity index (χ1) is 16.1. The van der Waals surface area contributed by atoms with Gasteiger partial charge in [0, 0.05) is 19.1 Å². The standard InChI is InChI=1S/C22H22F4N6O2/c1-31(16-7-12-2-3-15(28-12)19(16)23)18-9-27-20(30-29-18)14-6-11-4-5-32(10-22(24,25)26)21(34)13(11)8-17(14)33/h5-6,8-9,12,15-16,19,28H,2-4,7,10H2,1H3/p+1/t12?,15?,16-,19+/m1/s1. The summed E-state index contributed by atoms with van der Waals surface area (Å²) in [6, 6.07) is 2.38. The lowest BCUT2D eigenvalue weighted by Crippen LogP contribution is -2.55. The highest BCUT2D eigenvalue weighted by molar-refractivity contribution is 5.96. The highest BCUT2D eigenvalue weighted by Gasteiger charge is 2.44. The minimum absolute atomic E-state index is 0.00756. The van der Waals surface area contributed by atoms with Crippen LogP contribution in [0.4, 0.5) is 23.4 Å². The molecule has 2 aromatic rings. The second-order valence-electron chi connectivity index (χ2n) is 9.01. The van der Waals surface area contributed by atoms with E-state index in [4.69, 9.17) is 0 Å². The van der Waals surface area contributed by atoms with Crippen LogP contribution >= 0.6 is 0 Å². The summed E-state index contributed by atoms with van der Waals surface area (Å²) in [5.74, 6) is -0.706. The summed E-state index contributed by atoms with van der Waals surface area (Å²) in [4.78, 5) is 18.4. The van der Waals surface area contributed by atoms with Crippen molar-refractivity contribution in [3.05, 3.63) is 29.5 Å². The number of carbonyl (C=O) groups excluding carboxylic acids is 1. The Morgan fingerprint density at radius 2 is 2.03 bits per heavy atom. The number of amides is 1. The number of anilines is 1. The molecule has 0 radical (unpaired) electrons. The normalized spacial score (nSPS) is 26.3. The molecule has 0 aliphatic carbocycles.